The van der Waals surface area contributed by atoms with Crippen molar-refractivity contribution in [2.75, 3.05) is 6.54 Å². The quantitative estimate of drug-likeness (QED) is 0.805. The van der Waals surface area contributed by atoms with E-state index in [1.165, 1.54) is 11.3 Å². The SMILES string of the molecule is CC(=O)c1cc(CC(=O)N2CCCCC2c2cccnc2)cs1. The van der Waals surface area contributed by atoms with Crippen molar-refractivity contribution < 1.29 is 9.59 Å². The van der Waals surface area contributed by atoms with Crippen LogP contribution in [0.1, 0.15) is 53.0 Å². The second-order valence-corrected chi connectivity index (χ2v) is 6.85. The fourth-order valence-corrected chi connectivity index (χ4v) is 3.89. The minimum atomic E-state index is 0.0555. The Morgan fingerprint density at radius 3 is 2.96 bits per heavy atom. The molecule has 0 radical (unpaired) electrons. The lowest BCUT2D eigenvalue weighted by Crippen LogP contribution is -2.39. The van der Waals surface area contributed by atoms with Gasteiger partial charge in [0.25, 0.3) is 0 Å². The van der Waals surface area contributed by atoms with Crippen molar-refractivity contribution in [1.29, 1.82) is 0 Å². The maximum atomic E-state index is 12.8. The van der Waals surface area contributed by atoms with Crippen molar-refractivity contribution in [3.63, 3.8) is 0 Å². The molecule has 1 unspecified atom stereocenters. The summed E-state index contributed by atoms with van der Waals surface area (Å²) in [6.07, 6.45) is 7.14. The zero-order valence-corrected chi connectivity index (χ0v) is 14.0. The molecule has 2 aromatic heterocycles. The number of piperidine rings is 1. The summed E-state index contributed by atoms with van der Waals surface area (Å²) in [4.78, 5) is 31.0. The normalized spacial score (nSPS) is 18.0. The molecule has 1 amide bonds. The molecule has 1 saturated heterocycles. The Labute approximate surface area is 140 Å². The molecule has 1 atom stereocenters. The molecule has 3 heterocycles. The van der Waals surface area contributed by atoms with E-state index in [2.05, 4.69) is 4.98 Å². The first-order chi connectivity index (χ1) is 11.1. The number of ketones is 1. The maximum Gasteiger partial charge on any atom is 0.227 e. The number of carbonyl (C=O) groups is 2. The Bertz CT molecular complexity index is 696. The third kappa shape index (κ3) is 3.67. The molecule has 23 heavy (non-hydrogen) atoms. The first kappa shape index (κ1) is 15.9. The van der Waals surface area contributed by atoms with Crippen LogP contribution in [0.25, 0.3) is 0 Å². The zero-order chi connectivity index (χ0) is 16.2. The number of pyridine rings is 1. The van der Waals surface area contributed by atoms with Gasteiger partial charge >= 0.3 is 0 Å². The van der Waals surface area contributed by atoms with E-state index in [1.807, 2.05) is 34.7 Å². The van der Waals surface area contributed by atoms with E-state index in [0.717, 1.165) is 41.8 Å². The van der Waals surface area contributed by atoms with Crippen LogP contribution >= 0.6 is 11.3 Å². The highest BCUT2D eigenvalue weighted by Gasteiger charge is 2.28. The maximum absolute atomic E-state index is 12.8. The first-order valence-electron chi connectivity index (χ1n) is 7.93. The average molecular weight is 328 g/mol. The van der Waals surface area contributed by atoms with Crippen molar-refractivity contribution >= 4 is 23.0 Å². The molecule has 1 aliphatic rings. The summed E-state index contributed by atoms with van der Waals surface area (Å²) >= 11 is 1.41. The van der Waals surface area contributed by atoms with Crippen molar-refractivity contribution in [1.82, 2.24) is 9.88 Å². The Morgan fingerprint density at radius 2 is 2.26 bits per heavy atom. The van der Waals surface area contributed by atoms with Crippen LogP contribution in [0.2, 0.25) is 0 Å². The van der Waals surface area contributed by atoms with Crippen LogP contribution in [0, 0.1) is 0 Å². The first-order valence-corrected chi connectivity index (χ1v) is 8.81. The number of hydrogen-bond donors (Lipinski definition) is 0. The van der Waals surface area contributed by atoms with E-state index in [-0.39, 0.29) is 17.7 Å². The van der Waals surface area contributed by atoms with Crippen LogP contribution in [0.15, 0.2) is 36.0 Å². The fourth-order valence-electron chi connectivity index (χ4n) is 3.08. The van der Waals surface area contributed by atoms with Crippen LogP contribution < -0.4 is 0 Å². The molecule has 1 aliphatic heterocycles. The fraction of sp³-hybridized carbons (Fsp3) is 0.389. The van der Waals surface area contributed by atoms with E-state index in [0.29, 0.717) is 6.42 Å². The molecule has 4 nitrogen and oxygen atoms in total. The molecule has 120 valence electrons. The number of amides is 1. The molecule has 0 N–H and O–H groups in total. The Morgan fingerprint density at radius 1 is 1.39 bits per heavy atom. The molecule has 3 rings (SSSR count). The van der Waals surface area contributed by atoms with Crippen LogP contribution in [0.3, 0.4) is 0 Å². The highest BCUT2D eigenvalue weighted by molar-refractivity contribution is 7.12. The summed E-state index contributed by atoms with van der Waals surface area (Å²) in [6.45, 7) is 2.35. The van der Waals surface area contributed by atoms with Crippen LogP contribution in [0.5, 0.6) is 0 Å². The lowest BCUT2D eigenvalue weighted by molar-refractivity contribution is -0.134. The van der Waals surface area contributed by atoms with Crippen LogP contribution in [-0.2, 0) is 11.2 Å². The van der Waals surface area contributed by atoms with Gasteiger partial charge in [0.2, 0.25) is 5.91 Å². The van der Waals surface area contributed by atoms with E-state index in [4.69, 9.17) is 0 Å². The molecule has 0 spiro atoms. The number of likely N-dealkylation sites (tertiary alicyclic amines) is 1. The summed E-state index contributed by atoms with van der Waals surface area (Å²) in [5.74, 6) is 0.186. The van der Waals surface area contributed by atoms with Crippen molar-refractivity contribution in [2.24, 2.45) is 0 Å². The standard InChI is InChI=1S/C18H20N2O2S/c1-13(21)17-9-14(12-23-17)10-18(22)20-8-3-2-6-16(20)15-5-4-7-19-11-15/h4-5,7,9,11-12,16H,2-3,6,8,10H2,1H3. The van der Waals surface area contributed by atoms with Gasteiger partial charge in [0.1, 0.15) is 0 Å². The summed E-state index contributed by atoms with van der Waals surface area (Å²) in [5.41, 5.74) is 2.04. The van der Waals surface area contributed by atoms with Gasteiger partial charge in [0.05, 0.1) is 17.3 Å². The monoisotopic (exact) mass is 328 g/mol. The molecule has 1 fully saturated rings. The van der Waals surface area contributed by atoms with Gasteiger partial charge in [-0.3, -0.25) is 14.6 Å². The summed E-state index contributed by atoms with van der Waals surface area (Å²) < 4.78 is 0. The molecule has 0 saturated carbocycles. The molecular formula is C18H20N2O2S. The predicted molar refractivity (Wildman–Crippen MR) is 90.6 cm³/mol. The van der Waals surface area contributed by atoms with Gasteiger partial charge in [-0.25, -0.2) is 0 Å². The Kier molecular flexibility index (Phi) is 4.86. The smallest absolute Gasteiger partial charge is 0.227 e. The van der Waals surface area contributed by atoms with E-state index >= 15 is 0 Å². The molecule has 5 heteroatoms. The minimum absolute atomic E-state index is 0.0555. The second kappa shape index (κ2) is 7.04. The Hall–Kier alpha value is -2.01. The number of aromatic nitrogens is 1. The van der Waals surface area contributed by atoms with Crippen molar-refractivity contribution in [2.45, 2.75) is 38.6 Å². The minimum Gasteiger partial charge on any atom is -0.335 e. The average Bonchev–Trinajstić information content (AvgIpc) is 3.04. The van der Waals surface area contributed by atoms with Gasteiger partial charge in [0.15, 0.2) is 5.78 Å². The third-order valence-electron chi connectivity index (χ3n) is 4.25. The summed E-state index contributed by atoms with van der Waals surface area (Å²) in [7, 11) is 0. The van der Waals surface area contributed by atoms with Gasteiger partial charge in [-0.15, -0.1) is 11.3 Å². The number of rotatable bonds is 4. The molecule has 0 bridgehead atoms. The topological polar surface area (TPSA) is 50.3 Å². The number of nitrogens with zero attached hydrogens (tertiary/aromatic N) is 2. The number of carbonyl (C=O) groups excluding carboxylic acids is 2. The van der Waals surface area contributed by atoms with E-state index in [1.54, 1.807) is 13.1 Å². The lowest BCUT2D eigenvalue weighted by atomic mass is 9.95. The van der Waals surface area contributed by atoms with Crippen LogP contribution in [-0.4, -0.2) is 28.1 Å². The van der Waals surface area contributed by atoms with Gasteiger partial charge in [-0.05, 0) is 54.8 Å². The number of Topliss-reactive ketones (excluding diaryl/α,β-unsaturated/α-hetero) is 1. The van der Waals surface area contributed by atoms with E-state index < -0.39 is 0 Å². The molecule has 0 aromatic carbocycles. The third-order valence-corrected chi connectivity index (χ3v) is 5.33. The highest BCUT2D eigenvalue weighted by Crippen LogP contribution is 2.31. The van der Waals surface area contributed by atoms with Gasteiger partial charge in [-0.1, -0.05) is 6.07 Å². The van der Waals surface area contributed by atoms with Crippen molar-refractivity contribution in [3.8, 4) is 0 Å². The molecule has 0 aliphatic carbocycles. The molecule has 2 aromatic rings. The van der Waals surface area contributed by atoms with Crippen molar-refractivity contribution in [3.05, 3.63) is 52.0 Å². The van der Waals surface area contributed by atoms with Gasteiger partial charge < -0.3 is 4.90 Å². The predicted octanol–water partition coefficient (Wildman–Crippen LogP) is 3.64. The highest BCUT2D eigenvalue weighted by atomic mass is 32.1. The van der Waals surface area contributed by atoms with Crippen LogP contribution in [0.4, 0.5) is 0 Å². The number of thiophene rings is 1. The number of hydrogen-bond acceptors (Lipinski definition) is 4. The van der Waals surface area contributed by atoms with Gasteiger partial charge in [0, 0.05) is 18.9 Å². The largest absolute Gasteiger partial charge is 0.335 e. The van der Waals surface area contributed by atoms with E-state index in [9.17, 15) is 9.59 Å². The summed E-state index contributed by atoms with van der Waals surface area (Å²) in [5, 5.41) is 1.91. The Balaban J connectivity index is 1.74. The lowest BCUT2D eigenvalue weighted by Gasteiger charge is -2.36. The molecular weight excluding hydrogens is 308 g/mol. The van der Waals surface area contributed by atoms with Gasteiger partial charge in [-0.2, -0.15) is 0 Å². The zero-order valence-electron chi connectivity index (χ0n) is 13.2. The second-order valence-electron chi connectivity index (χ2n) is 5.94. The summed E-state index contributed by atoms with van der Waals surface area (Å²) in [6, 6.07) is 5.93.